The van der Waals surface area contributed by atoms with Gasteiger partial charge in [-0.3, -0.25) is 9.59 Å². The van der Waals surface area contributed by atoms with Gasteiger partial charge < -0.3 is 16.4 Å². The number of carbonyl (C=O) groups excluding carboxylic acids is 2. The zero-order valence-corrected chi connectivity index (χ0v) is 13.1. The molecule has 4 N–H and O–H groups in total. The van der Waals surface area contributed by atoms with E-state index in [4.69, 9.17) is 5.73 Å². The van der Waals surface area contributed by atoms with Crippen molar-refractivity contribution >= 4 is 23.2 Å². The van der Waals surface area contributed by atoms with Gasteiger partial charge >= 0.3 is 0 Å². The highest BCUT2D eigenvalue weighted by atomic mass is 16.2. The number of hydrogen-bond acceptors (Lipinski definition) is 3. The minimum atomic E-state index is -0.198. The lowest BCUT2D eigenvalue weighted by atomic mass is 10.1. The highest BCUT2D eigenvalue weighted by Crippen LogP contribution is 2.17. The first kappa shape index (κ1) is 16.5. The molecule has 0 aromatic heterocycles. The zero-order valence-electron chi connectivity index (χ0n) is 13.1. The lowest BCUT2D eigenvalue weighted by molar-refractivity contribution is -0.116. The summed E-state index contributed by atoms with van der Waals surface area (Å²) in [6.07, 6.45) is 0.861. The van der Waals surface area contributed by atoms with Gasteiger partial charge in [0.05, 0.1) is 11.3 Å². The number of rotatable bonds is 6. The van der Waals surface area contributed by atoms with Gasteiger partial charge in [-0.1, -0.05) is 30.3 Å². The molecule has 0 unspecified atom stereocenters. The van der Waals surface area contributed by atoms with Crippen LogP contribution in [0.4, 0.5) is 11.4 Å². The van der Waals surface area contributed by atoms with Crippen LogP contribution in [0.3, 0.4) is 0 Å². The Hall–Kier alpha value is -2.82. The van der Waals surface area contributed by atoms with E-state index in [1.807, 2.05) is 31.2 Å². The molecule has 0 spiro atoms. The average Bonchev–Trinajstić information content (AvgIpc) is 2.55. The van der Waals surface area contributed by atoms with Crippen LogP contribution in [0, 0.1) is 0 Å². The first-order chi connectivity index (χ1) is 11.1. The molecule has 0 atom stereocenters. The Bertz CT molecular complexity index is 698. The monoisotopic (exact) mass is 311 g/mol. The van der Waals surface area contributed by atoms with Gasteiger partial charge in [-0.25, -0.2) is 0 Å². The third-order valence-corrected chi connectivity index (χ3v) is 3.46. The van der Waals surface area contributed by atoms with Crippen LogP contribution >= 0.6 is 0 Å². The summed E-state index contributed by atoms with van der Waals surface area (Å²) in [5.41, 5.74) is 8.48. The van der Waals surface area contributed by atoms with Crippen molar-refractivity contribution in [3.63, 3.8) is 0 Å². The second kappa shape index (κ2) is 7.98. The SMILES string of the molecule is CCNC(=O)c1ccccc1NC(=O)CCc1ccccc1N. The predicted octanol–water partition coefficient (Wildman–Crippen LogP) is 2.59. The summed E-state index contributed by atoms with van der Waals surface area (Å²) < 4.78 is 0. The van der Waals surface area contributed by atoms with E-state index in [9.17, 15) is 9.59 Å². The van der Waals surface area contributed by atoms with Crippen LogP contribution in [0.25, 0.3) is 0 Å². The second-order valence-corrected chi connectivity index (χ2v) is 5.15. The Kier molecular flexibility index (Phi) is 5.74. The fourth-order valence-corrected chi connectivity index (χ4v) is 2.27. The number of nitrogens with one attached hydrogen (secondary N) is 2. The maximum atomic E-state index is 12.1. The number of anilines is 2. The Labute approximate surface area is 135 Å². The number of hydrogen-bond donors (Lipinski definition) is 3. The second-order valence-electron chi connectivity index (χ2n) is 5.15. The van der Waals surface area contributed by atoms with Crippen molar-refractivity contribution in [3.8, 4) is 0 Å². The van der Waals surface area contributed by atoms with Crippen LogP contribution in [-0.2, 0) is 11.2 Å². The van der Waals surface area contributed by atoms with E-state index in [0.29, 0.717) is 36.3 Å². The van der Waals surface area contributed by atoms with Gasteiger partial charge in [0, 0.05) is 18.7 Å². The van der Waals surface area contributed by atoms with Gasteiger partial charge in [-0.15, -0.1) is 0 Å². The van der Waals surface area contributed by atoms with Crippen molar-refractivity contribution < 1.29 is 9.59 Å². The summed E-state index contributed by atoms with van der Waals surface area (Å²) in [7, 11) is 0. The molecular weight excluding hydrogens is 290 g/mol. The molecule has 0 bridgehead atoms. The molecule has 0 radical (unpaired) electrons. The smallest absolute Gasteiger partial charge is 0.253 e. The van der Waals surface area contributed by atoms with Crippen LogP contribution in [0.5, 0.6) is 0 Å². The number of amides is 2. The minimum Gasteiger partial charge on any atom is -0.399 e. The quantitative estimate of drug-likeness (QED) is 0.717. The lowest BCUT2D eigenvalue weighted by Gasteiger charge is -2.11. The van der Waals surface area contributed by atoms with Crippen molar-refractivity contribution in [3.05, 3.63) is 59.7 Å². The van der Waals surface area contributed by atoms with Crippen LogP contribution in [0.2, 0.25) is 0 Å². The maximum Gasteiger partial charge on any atom is 0.253 e. The number of para-hydroxylation sites is 2. The van der Waals surface area contributed by atoms with Gasteiger partial charge in [0.2, 0.25) is 5.91 Å². The molecule has 5 nitrogen and oxygen atoms in total. The number of aryl methyl sites for hydroxylation is 1. The summed E-state index contributed by atoms with van der Waals surface area (Å²) in [4.78, 5) is 24.1. The Morgan fingerprint density at radius 2 is 1.74 bits per heavy atom. The maximum absolute atomic E-state index is 12.1. The van der Waals surface area contributed by atoms with E-state index in [-0.39, 0.29) is 11.8 Å². The molecule has 0 aliphatic rings. The largest absolute Gasteiger partial charge is 0.399 e. The fraction of sp³-hybridized carbons (Fsp3) is 0.222. The number of benzene rings is 2. The Morgan fingerprint density at radius 3 is 2.48 bits per heavy atom. The molecule has 5 heteroatoms. The lowest BCUT2D eigenvalue weighted by Crippen LogP contribution is -2.24. The Morgan fingerprint density at radius 1 is 1.04 bits per heavy atom. The van der Waals surface area contributed by atoms with E-state index in [1.165, 1.54) is 0 Å². The average molecular weight is 311 g/mol. The highest BCUT2D eigenvalue weighted by Gasteiger charge is 2.12. The van der Waals surface area contributed by atoms with Crippen LogP contribution in [0.1, 0.15) is 29.3 Å². The molecular formula is C18H21N3O2. The molecule has 23 heavy (non-hydrogen) atoms. The molecule has 0 saturated carbocycles. The van der Waals surface area contributed by atoms with Crippen molar-refractivity contribution in [1.29, 1.82) is 0 Å². The number of nitrogen functional groups attached to an aromatic ring is 1. The molecule has 0 saturated heterocycles. The summed E-state index contributed by atoms with van der Waals surface area (Å²) >= 11 is 0. The highest BCUT2D eigenvalue weighted by molar-refractivity contribution is 6.03. The number of carbonyl (C=O) groups is 2. The van der Waals surface area contributed by atoms with Gasteiger partial charge in [0.25, 0.3) is 5.91 Å². The van der Waals surface area contributed by atoms with Crippen molar-refractivity contribution in [2.24, 2.45) is 0 Å². The van der Waals surface area contributed by atoms with E-state index in [1.54, 1.807) is 24.3 Å². The molecule has 2 aromatic carbocycles. The topological polar surface area (TPSA) is 84.2 Å². The van der Waals surface area contributed by atoms with Crippen molar-refractivity contribution in [2.75, 3.05) is 17.6 Å². The molecule has 120 valence electrons. The van der Waals surface area contributed by atoms with Gasteiger partial charge in [-0.2, -0.15) is 0 Å². The molecule has 0 aliphatic heterocycles. The molecule has 2 amide bonds. The van der Waals surface area contributed by atoms with Crippen LogP contribution in [-0.4, -0.2) is 18.4 Å². The molecule has 2 rings (SSSR count). The summed E-state index contributed by atoms with van der Waals surface area (Å²) in [5.74, 6) is -0.347. The van der Waals surface area contributed by atoms with Gasteiger partial charge in [0.15, 0.2) is 0 Å². The Balaban J connectivity index is 2.01. The first-order valence-corrected chi connectivity index (χ1v) is 7.62. The normalized spacial score (nSPS) is 10.1. The molecule has 0 fully saturated rings. The van der Waals surface area contributed by atoms with E-state index < -0.39 is 0 Å². The molecule has 0 aliphatic carbocycles. The van der Waals surface area contributed by atoms with E-state index >= 15 is 0 Å². The summed E-state index contributed by atoms with van der Waals surface area (Å²) in [6.45, 7) is 2.39. The molecule has 0 heterocycles. The fourth-order valence-electron chi connectivity index (χ4n) is 2.27. The van der Waals surface area contributed by atoms with Gasteiger partial charge in [-0.05, 0) is 37.1 Å². The van der Waals surface area contributed by atoms with Crippen LogP contribution < -0.4 is 16.4 Å². The predicted molar refractivity (Wildman–Crippen MR) is 92.3 cm³/mol. The van der Waals surface area contributed by atoms with Gasteiger partial charge in [0.1, 0.15) is 0 Å². The van der Waals surface area contributed by atoms with E-state index in [0.717, 1.165) is 5.56 Å². The van der Waals surface area contributed by atoms with Crippen molar-refractivity contribution in [1.82, 2.24) is 5.32 Å². The number of nitrogens with two attached hydrogens (primary N) is 1. The third-order valence-electron chi connectivity index (χ3n) is 3.46. The summed E-state index contributed by atoms with van der Waals surface area (Å²) in [6, 6.07) is 14.5. The standard InChI is InChI=1S/C18H21N3O2/c1-2-20-18(23)14-8-4-6-10-16(14)21-17(22)12-11-13-7-3-5-9-15(13)19/h3-10H,2,11-12,19H2,1H3,(H,20,23)(H,21,22). The third kappa shape index (κ3) is 4.57. The van der Waals surface area contributed by atoms with Crippen LogP contribution in [0.15, 0.2) is 48.5 Å². The molecule has 2 aromatic rings. The van der Waals surface area contributed by atoms with Crippen molar-refractivity contribution in [2.45, 2.75) is 19.8 Å². The zero-order chi connectivity index (χ0) is 16.7. The van der Waals surface area contributed by atoms with E-state index in [2.05, 4.69) is 10.6 Å². The summed E-state index contributed by atoms with van der Waals surface area (Å²) in [5, 5.41) is 5.53. The first-order valence-electron chi connectivity index (χ1n) is 7.62. The minimum absolute atomic E-state index is 0.148.